The first-order valence-corrected chi connectivity index (χ1v) is 14.6. The van der Waals surface area contributed by atoms with Crippen LogP contribution in [0.4, 0.5) is 10.1 Å². The molecule has 2 aromatic carbocycles. The summed E-state index contributed by atoms with van der Waals surface area (Å²) in [6.45, 7) is 6.51. The number of rotatable bonds is 7. The van der Waals surface area contributed by atoms with Crippen LogP contribution < -0.4 is 10.6 Å². The lowest BCUT2D eigenvalue weighted by atomic mass is 9.76. The molecule has 0 radical (unpaired) electrons. The predicted octanol–water partition coefficient (Wildman–Crippen LogP) is 5.45. The molecule has 3 heterocycles. The van der Waals surface area contributed by atoms with Gasteiger partial charge in [-0.05, 0) is 112 Å². The summed E-state index contributed by atoms with van der Waals surface area (Å²) in [5, 5.41) is 5.23. The summed E-state index contributed by atoms with van der Waals surface area (Å²) in [4.78, 5) is 17.2. The van der Waals surface area contributed by atoms with E-state index in [9.17, 15) is 9.18 Å². The van der Waals surface area contributed by atoms with E-state index < -0.39 is 0 Å². The number of piperidine rings is 1. The molecule has 1 aliphatic carbocycles. The zero-order valence-electron chi connectivity index (χ0n) is 22.6. The molecule has 0 atom stereocenters. The second-order valence-corrected chi connectivity index (χ2v) is 11.6. The monoisotopic (exact) mass is 534 g/mol. The molecule has 3 aromatic rings. The van der Waals surface area contributed by atoms with E-state index >= 15 is 0 Å². The molecular weight excluding hydrogens is 495 g/mol. The van der Waals surface area contributed by atoms with Gasteiger partial charge in [0, 0.05) is 41.7 Å². The summed E-state index contributed by atoms with van der Waals surface area (Å²) >= 11 is 0. The quantitative estimate of drug-likeness (QED) is 0.434. The summed E-state index contributed by atoms with van der Waals surface area (Å²) in [6.07, 6.45) is 7.95. The van der Waals surface area contributed by atoms with Crippen LogP contribution in [0.1, 0.15) is 78.4 Å². The number of halogens is 1. The van der Waals surface area contributed by atoms with Crippen LogP contribution in [0, 0.1) is 11.7 Å². The van der Waals surface area contributed by atoms with Crippen molar-refractivity contribution < 1.29 is 18.4 Å². The lowest BCUT2D eigenvalue weighted by Crippen LogP contribution is -2.36. The Hall–Kier alpha value is -2.97. The maximum absolute atomic E-state index is 13.5. The lowest BCUT2D eigenvalue weighted by molar-refractivity contribution is 0.0998. The number of benzene rings is 2. The summed E-state index contributed by atoms with van der Waals surface area (Å²) in [5.74, 6) is 0.883. The molecule has 6 rings (SSSR count). The van der Waals surface area contributed by atoms with Crippen LogP contribution in [0.25, 0.3) is 11.0 Å². The highest BCUT2D eigenvalue weighted by Crippen LogP contribution is 2.40. The topological polar surface area (TPSA) is 84.8 Å². The molecule has 208 valence electrons. The van der Waals surface area contributed by atoms with E-state index in [1.165, 1.54) is 37.1 Å². The van der Waals surface area contributed by atoms with Gasteiger partial charge in [-0.1, -0.05) is 5.16 Å². The van der Waals surface area contributed by atoms with Gasteiger partial charge in [0.25, 0.3) is 0 Å². The normalized spacial score (nSPS) is 23.4. The van der Waals surface area contributed by atoms with Gasteiger partial charge in [0.15, 0.2) is 5.58 Å². The fourth-order valence-electron chi connectivity index (χ4n) is 6.91. The Bertz CT molecular complexity index is 1290. The van der Waals surface area contributed by atoms with Crippen molar-refractivity contribution >= 4 is 22.6 Å². The smallest absolute Gasteiger partial charge is 0.248 e. The van der Waals surface area contributed by atoms with Crippen molar-refractivity contribution in [2.45, 2.75) is 56.8 Å². The second-order valence-electron chi connectivity index (χ2n) is 11.6. The van der Waals surface area contributed by atoms with E-state index in [1.807, 2.05) is 12.1 Å². The molecular formula is C31H39FN4O3. The third kappa shape index (κ3) is 5.82. The van der Waals surface area contributed by atoms with Crippen LogP contribution in [0.2, 0.25) is 0 Å². The number of amides is 1. The van der Waals surface area contributed by atoms with Gasteiger partial charge in [0.1, 0.15) is 5.82 Å². The van der Waals surface area contributed by atoms with E-state index in [-0.39, 0.29) is 11.7 Å². The van der Waals surface area contributed by atoms with Gasteiger partial charge in [0.05, 0.1) is 18.9 Å². The van der Waals surface area contributed by atoms with Gasteiger partial charge >= 0.3 is 0 Å². The van der Waals surface area contributed by atoms with E-state index in [1.54, 1.807) is 6.07 Å². The van der Waals surface area contributed by atoms with Crippen molar-refractivity contribution in [1.29, 1.82) is 0 Å². The zero-order valence-corrected chi connectivity index (χ0v) is 22.6. The molecule has 8 heteroatoms. The Morgan fingerprint density at radius 3 is 2.46 bits per heavy atom. The van der Waals surface area contributed by atoms with Crippen LogP contribution in [-0.2, 0) is 4.74 Å². The van der Waals surface area contributed by atoms with E-state index in [2.05, 4.69) is 21.0 Å². The standard InChI is InChI=1S/C31H39FN4O3/c32-24-5-7-27-29(19-24)39-34-30(27)23-10-13-35(14-11-23)12-9-21-1-3-22(4-2-21)28-20-25(6-8-26(28)31(33)37)36-15-17-38-18-16-36/h5-8,19-23H,1-4,9-18H2,(H2,33,37). The number of likely N-dealkylation sites (tertiary alicyclic amines) is 1. The fraction of sp³-hybridized carbons (Fsp3) is 0.548. The molecule has 1 amide bonds. The predicted molar refractivity (Wildman–Crippen MR) is 150 cm³/mol. The Morgan fingerprint density at radius 2 is 1.72 bits per heavy atom. The minimum atomic E-state index is -0.324. The number of anilines is 1. The Balaban J connectivity index is 0.999. The summed E-state index contributed by atoms with van der Waals surface area (Å²) in [7, 11) is 0. The van der Waals surface area contributed by atoms with Gasteiger partial charge in [-0.2, -0.15) is 0 Å². The van der Waals surface area contributed by atoms with Crippen LogP contribution >= 0.6 is 0 Å². The van der Waals surface area contributed by atoms with Crippen LogP contribution in [0.3, 0.4) is 0 Å². The van der Waals surface area contributed by atoms with Crippen molar-refractivity contribution in [3.8, 4) is 0 Å². The number of morpholine rings is 1. The molecule has 0 spiro atoms. The van der Waals surface area contributed by atoms with Crippen molar-refractivity contribution in [3.63, 3.8) is 0 Å². The van der Waals surface area contributed by atoms with E-state index in [0.717, 1.165) is 94.2 Å². The van der Waals surface area contributed by atoms with Crippen molar-refractivity contribution in [1.82, 2.24) is 10.1 Å². The Morgan fingerprint density at radius 1 is 0.949 bits per heavy atom. The number of fused-ring (bicyclic) bond motifs is 1. The Labute approximate surface area is 229 Å². The van der Waals surface area contributed by atoms with Gasteiger partial charge in [-0.3, -0.25) is 4.79 Å². The number of ether oxygens (including phenoxy) is 1. The number of carbonyl (C=O) groups is 1. The molecule has 3 aliphatic rings. The average molecular weight is 535 g/mol. The number of nitrogens with zero attached hydrogens (tertiary/aromatic N) is 3. The van der Waals surface area contributed by atoms with Gasteiger partial charge in [-0.15, -0.1) is 0 Å². The molecule has 7 nitrogen and oxygen atoms in total. The van der Waals surface area contributed by atoms with Gasteiger partial charge in [0.2, 0.25) is 5.91 Å². The summed E-state index contributed by atoms with van der Waals surface area (Å²) in [6, 6.07) is 10.9. The largest absolute Gasteiger partial charge is 0.378 e. The van der Waals surface area contributed by atoms with Gasteiger partial charge in [-0.25, -0.2) is 4.39 Å². The molecule has 2 saturated heterocycles. The number of nitrogens with two attached hydrogens (primary N) is 1. The second kappa shape index (κ2) is 11.6. The summed E-state index contributed by atoms with van der Waals surface area (Å²) in [5.41, 5.74) is 10.3. The molecule has 0 bridgehead atoms. The fourth-order valence-corrected chi connectivity index (χ4v) is 6.91. The molecule has 0 unspecified atom stereocenters. The number of carbonyl (C=O) groups excluding carboxylic acids is 1. The number of primary amides is 1. The first-order valence-electron chi connectivity index (χ1n) is 14.6. The SMILES string of the molecule is NC(=O)c1ccc(N2CCOCC2)cc1C1CCC(CCN2CCC(c3noc4cc(F)ccc34)CC2)CC1. The highest BCUT2D eigenvalue weighted by atomic mass is 19.1. The molecule has 2 N–H and O–H groups in total. The summed E-state index contributed by atoms with van der Waals surface area (Å²) < 4.78 is 24.4. The van der Waals surface area contributed by atoms with Crippen LogP contribution in [0.5, 0.6) is 0 Å². The number of hydrogen-bond acceptors (Lipinski definition) is 6. The van der Waals surface area contributed by atoms with Crippen molar-refractivity contribution in [3.05, 3.63) is 59.0 Å². The molecule has 1 aromatic heterocycles. The minimum absolute atomic E-state index is 0.288. The maximum atomic E-state index is 13.5. The average Bonchev–Trinajstić information content (AvgIpc) is 3.40. The minimum Gasteiger partial charge on any atom is -0.378 e. The van der Waals surface area contributed by atoms with Crippen molar-refractivity contribution in [2.24, 2.45) is 11.7 Å². The molecule has 3 fully saturated rings. The lowest BCUT2D eigenvalue weighted by Gasteiger charge is -2.34. The van der Waals surface area contributed by atoms with E-state index in [4.69, 9.17) is 15.0 Å². The highest BCUT2D eigenvalue weighted by Gasteiger charge is 2.28. The third-order valence-corrected chi connectivity index (χ3v) is 9.25. The van der Waals surface area contributed by atoms with Crippen LogP contribution in [-0.4, -0.2) is 61.9 Å². The third-order valence-electron chi connectivity index (χ3n) is 9.25. The zero-order chi connectivity index (χ0) is 26.8. The van der Waals surface area contributed by atoms with Crippen molar-refractivity contribution in [2.75, 3.05) is 50.8 Å². The first kappa shape index (κ1) is 26.3. The number of hydrogen-bond donors (Lipinski definition) is 1. The first-order chi connectivity index (χ1) is 19.0. The molecule has 1 saturated carbocycles. The van der Waals surface area contributed by atoms with E-state index in [0.29, 0.717) is 23.0 Å². The number of aromatic nitrogens is 1. The maximum Gasteiger partial charge on any atom is 0.248 e. The highest BCUT2D eigenvalue weighted by molar-refractivity contribution is 5.95. The van der Waals surface area contributed by atoms with Crippen LogP contribution in [0.15, 0.2) is 40.9 Å². The molecule has 2 aliphatic heterocycles. The van der Waals surface area contributed by atoms with Gasteiger partial charge < -0.3 is 24.8 Å². The molecule has 39 heavy (non-hydrogen) atoms. The Kier molecular flexibility index (Phi) is 7.84.